The van der Waals surface area contributed by atoms with Gasteiger partial charge in [-0.3, -0.25) is 9.59 Å². The first-order chi connectivity index (χ1) is 12.3. The van der Waals surface area contributed by atoms with Gasteiger partial charge < -0.3 is 9.29 Å². The smallest absolute Gasteiger partial charge is 0.321 e. The molecule has 0 amide bonds. The highest BCUT2D eigenvalue weighted by Gasteiger charge is 2.33. The minimum absolute atomic E-state index is 0.00726. The fourth-order valence-corrected chi connectivity index (χ4v) is 2.89. The van der Waals surface area contributed by atoms with Crippen LogP contribution in [0.3, 0.4) is 0 Å². The predicted molar refractivity (Wildman–Crippen MR) is 91.0 cm³/mol. The van der Waals surface area contributed by atoms with Crippen LogP contribution >= 0.6 is 0 Å². The van der Waals surface area contributed by atoms with E-state index >= 15 is 0 Å². The molecule has 0 radical (unpaired) electrons. The van der Waals surface area contributed by atoms with Crippen molar-refractivity contribution in [1.29, 1.82) is 0 Å². The first-order valence-electron chi connectivity index (χ1n) is 7.65. The molecule has 5 nitrogen and oxygen atoms in total. The molecule has 0 saturated carbocycles. The lowest BCUT2D eigenvalue weighted by atomic mass is 9.90. The molecular weight excluding hydrogens is 366 g/mol. The van der Waals surface area contributed by atoms with E-state index in [-0.39, 0.29) is 23.5 Å². The van der Waals surface area contributed by atoms with Gasteiger partial charge in [0.1, 0.15) is 17.6 Å². The summed E-state index contributed by atoms with van der Waals surface area (Å²) in [4.78, 5) is 25.0. The van der Waals surface area contributed by atoms with E-state index in [1.165, 1.54) is 24.3 Å². The van der Waals surface area contributed by atoms with Crippen molar-refractivity contribution in [3.8, 4) is 0 Å². The number of ketones is 1. The van der Waals surface area contributed by atoms with E-state index in [1.807, 2.05) is 0 Å². The number of halogens is 2. The van der Waals surface area contributed by atoms with Crippen LogP contribution in [0.1, 0.15) is 34.3 Å². The number of benzene rings is 2. The molecule has 2 aromatic carbocycles. The minimum Gasteiger partial charge on any atom is -0.465 e. The van der Waals surface area contributed by atoms with Gasteiger partial charge in [-0.1, -0.05) is 30.3 Å². The normalized spacial score (nSPS) is 13.1. The highest BCUT2D eigenvalue weighted by atomic mass is 32.2. The van der Waals surface area contributed by atoms with Crippen LogP contribution in [-0.4, -0.2) is 27.1 Å². The molecule has 26 heavy (non-hydrogen) atoms. The third kappa shape index (κ3) is 4.80. The summed E-state index contributed by atoms with van der Waals surface area (Å²) in [7, 11) is 0. The Morgan fingerprint density at radius 1 is 1.15 bits per heavy atom. The van der Waals surface area contributed by atoms with E-state index in [0.29, 0.717) is 11.6 Å². The maximum Gasteiger partial charge on any atom is 0.321 e. The molecular formula is C18H16F2O5S. The number of ether oxygens (including phenoxy) is 1. The van der Waals surface area contributed by atoms with Crippen molar-refractivity contribution >= 4 is 22.8 Å². The zero-order chi connectivity index (χ0) is 19.3. The van der Waals surface area contributed by atoms with Crippen LogP contribution in [0.15, 0.2) is 42.5 Å². The largest absolute Gasteiger partial charge is 0.465 e. The van der Waals surface area contributed by atoms with Gasteiger partial charge in [0, 0.05) is 17.2 Å². The first-order valence-corrected chi connectivity index (χ1v) is 8.93. The van der Waals surface area contributed by atoms with Crippen LogP contribution < -0.4 is 0 Å². The Bertz CT molecular complexity index is 836. The van der Waals surface area contributed by atoms with Gasteiger partial charge in [-0.05, 0) is 18.6 Å². The van der Waals surface area contributed by atoms with Crippen LogP contribution in [0.2, 0.25) is 0 Å². The number of hydrogen-bond donors (Lipinski definition) is 1. The highest BCUT2D eigenvalue weighted by molar-refractivity contribution is 7.78. The summed E-state index contributed by atoms with van der Waals surface area (Å²) in [6.45, 7) is 1.54. The van der Waals surface area contributed by atoms with Crippen LogP contribution in [0, 0.1) is 11.6 Å². The Morgan fingerprint density at radius 3 is 2.35 bits per heavy atom. The zero-order valence-corrected chi connectivity index (χ0v) is 14.6. The quantitative estimate of drug-likeness (QED) is 0.344. The van der Waals surface area contributed by atoms with Crippen molar-refractivity contribution in [2.24, 2.45) is 0 Å². The van der Waals surface area contributed by atoms with E-state index in [9.17, 15) is 22.6 Å². The lowest BCUT2D eigenvalue weighted by Crippen LogP contribution is -2.25. The molecule has 0 aliphatic heterocycles. The van der Waals surface area contributed by atoms with Crippen molar-refractivity contribution < 1.29 is 31.9 Å². The van der Waals surface area contributed by atoms with Crippen molar-refractivity contribution in [2.45, 2.75) is 18.6 Å². The average Bonchev–Trinajstić information content (AvgIpc) is 2.57. The van der Waals surface area contributed by atoms with Crippen LogP contribution in [0.25, 0.3) is 0 Å². The van der Waals surface area contributed by atoms with E-state index in [0.717, 1.165) is 12.1 Å². The van der Waals surface area contributed by atoms with Crippen molar-refractivity contribution in [3.05, 3.63) is 70.8 Å². The molecule has 2 rings (SSSR count). The van der Waals surface area contributed by atoms with Gasteiger partial charge in [-0.2, -0.15) is 0 Å². The number of hydrogen-bond acceptors (Lipinski definition) is 4. The second-order valence-electron chi connectivity index (χ2n) is 5.38. The third-order valence-electron chi connectivity index (χ3n) is 3.59. The second kappa shape index (κ2) is 8.77. The summed E-state index contributed by atoms with van der Waals surface area (Å²) in [5.41, 5.74) is 0.331. The SMILES string of the molecule is CCOC(=O)C(C(=O)c1ccc(CS(=O)O)cc1)c1ccc(F)cc1F. The van der Waals surface area contributed by atoms with Crippen LogP contribution in [0.5, 0.6) is 0 Å². The molecule has 8 heteroatoms. The topological polar surface area (TPSA) is 80.7 Å². The number of carbonyl (C=O) groups is 2. The highest BCUT2D eigenvalue weighted by Crippen LogP contribution is 2.26. The van der Waals surface area contributed by atoms with Gasteiger partial charge >= 0.3 is 5.97 Å². The Morgan fingerprint density at radius 2 is 1.81 bits per heavy atom. The Kier molecular flexibility index (Phi) is 6.70. The summed E-state index contributed by atoms with van der Waals surface area (Å²) in [6, 6.07) is 8.26. The number of esters is 1. The number of rotatable bonds is 7. The van der Waals surface area contributed by atoms with Gasteiger partial charge in [-0.15, -0.1) is 0 Å². The molecule has 0 aliphatic rings. The van der Waals surface area contributed by atoms with Crippen LogP contribution in [-0.2, 0) is 26.4 Å². The molecule has 0 aliphatic carbocycles. The predicted octanol–water partition coefficient (Wildman–Crippen LogP) is 3.22. The summed E-state index contributed by atoms with van der Waals surface area (Å²) in [6.07, 6.45) is 0. The van der Waals surface area contributed by atoms with Crippen molar-refractivity contribution in [2.75, 3.05) is 6.61 Å². The molecule has 0 saturated heterocycles. The van der Waals surface area contributed by atoms with E-state index in [4.69, 9.17) is 9.29 Å². The Labute approximate surface area is 151 Å². The standard InChI is InChI=1S/C18H16F2O5S/c1-2-25-18(22)16(14-8-7-13(19)9-15(14)20)17(21)12-5-3-11(4-6-12)10-26(23)24/h3-9,16H,2,10H2,1H3,(H,23,24). The summed E-state index contributed by atoms with van der Waals surface area (Å²) < 4.78 is 51.8. The van der Waals surface area contributed by atoms with Gasteiger partial charge in [0.15, 0.2) is 16.9 Å². The lowest BCUT2D eigenvalue weighted by Gasteiger charge is -2.16. The Hall–Kier alpha value is -2.45. The first kappa shape index (κ1) is 19.9. The summed E-state index contributed by atoms with van der Waals surface area (Å²) in [5.74, 6) is -5.20. The molecule has 2 unspecified atom stereocenters. The maximum absolute atomic E-state index is 14.1. The summed E-state index contributed by atoms with van der Waals surface area (Å²) in [5, 5.41) is 0. The third-order valence-corrected chi connectivity index (χ3v) is 4.17. The molecule has 2 atom stereocenters. The van der Waals surface area contributed by atoms with E-state index < -0.39 is 40.4 Å². The van der Waals surface area contributed by atoms with Crippen LogP contribution in [0.4, 0.5) is 8.78 Å². The average molecular weight is 382 g/mol. The molecule has 0 aromatic heterocycles. The van der Waals surface area contributed by atoms with Gasteiger partial charge in [0.05, 0.1) is 12.4 Å². The maximum atomic E-state index is 14.1. The van der Waals surface area contributed by atoms with E-state index in [1.54, 1.807) is 6.92 Å². The Balaban J connectivity index is 2.40. The lowest BCUT2D eigenvalue weighted by molar-refractivity contribution is -0.143. The minimum atomic E-state index is -2.03. The molecule has 0 heterocycles. The molecule has 0 bridgehead atoms. The summed E-state index contributed by atoms with van der Waals surface area (Å²) >= 11 is -2.03. The fraction of sp³-hybridized carbons (Fsp3) is 0.222. The number of Topliss-reactive ketones (excluding diaryl/α,β-unsaturated/α-hetero) is 1. The molecule has 2 aromatic rings. The molecule has 138 valence electrons. The van der Waals surface area contributed by atoms with Crippen molar-refractivity contribution in [3.63, 3.8) is 0 Å². The molecule has 0 fully saturated rings. The van der Waals surface area contributed by atoms with Crippen molar-refractivity contribution in [1.82, 2.24) is 0 Å². The monoisotopic (exact) mass is 382 g/mol. The van der Waals surface area contributed by atoms with Gasteiger partial charge in [0.2, 0.25) is 0 Å². The molecule has 1 N–H and O–H groups in total. The van der Waals surface area contributed by atoms with Gasteiger partial charge in [-0.25, -0.2) is 13.0 Å². The fourth-order valence-electron chi connectivity index (χ4n) is 2.41. The second-order valence-corrected chi connectivity index (χ2v) is 6.31. The number of carbonyl (C=O) groups excluding carboxylic acids is 2. The molecule has 0 spiro atoms. The van der Waals surface area contributed by atoms with Gasteiger partial charge in [0.25, 0.3) is 0 Å². The zero-order valence-electron chi connectivity index (χ0n) is 13.8. The van der Waals surface area contributed by atoms with E-state index in [2.05, 4.69) is 0 Å².